The molecular weight excluding hydrogens is 162 g/mol. The van der Waals surface area contributed by atoms with Crippen molar-refractivity contribution in [1.29, 1.82) is 5.26 Å². The highest BCUT2D eigenvalue weighted by Gasteiger charge is 2.37. The van der Waals surface area contributed by atoms with E-state index < -0.39 is 9.84 Å². The van der Waals surface area contributed by atoms with Crippen LogP contribution in [0.25, 0.3) is 0 Å². The summed E-state index contributed by atoms with van der Waals surface area (Å²) in [6.07, 6.45) is 0.761. The van der Waals surface area contributed by atoms with Gasteiger partial charge < -0.3 is 0 Å². The molecule has 4 heteroatoms. The number of hydrogen-bond acceptors (Lipinski definition) is 3. The molecule has 0 bridgehead atoms. The molecule has 0 aromatic carbocycles. The van der Waals surface area contributed by atoms with Crippen LogP contribution in [0.5, 0.6) is 0 Å². The van der Waals surface area contributed by atoms with Crippen LogP contribution < -0.4 is 0 Å². The molecule has 0 aromatic heterocycles. The van der Waals surface area contributed by atoms with E-state index in [1.165, 1.54) is 0 Å². The van der Waals surface area contributed by atoms with Gasteiger partial charge in [0.1, 0.15) is 0 Å². The van der Waals surface area contributed by atoms with Gasteiger partial charge in [-0.3, -0.25) is 0 Å². The standard InChI is InChI=1S/C7H11NO2S/c1-2-6(3-8)7-4-11(9,10)5-7/h6-7H,2,4-5H2,1H3. The second-order valence-electron chi connectivity index (χ2n) is 2.98. The Bertz CT molecular complexity index is 263. The van der Waals surface area contributed by atoms with Crippen LogP contribution in [0.2, 0.25) is 0 Å². The Balaban J connectivity index is 2.50. The van der Waals surface area contributed by atoms with Gasteiger partial charge in [0.2, 0.25) is 0 Å². The third kappa shape index (κ3) is 1.72. The normalized spacial score (nSPS) is 25.1. The van der Waals surface area contributed by atoms with Crippen molar-refractivity contribution in [3.8, 4) is 6.07 Å². The molecule has 1 unspecified atom stereocenters. The van der Waals surface area contributed by atoms with E-state index in [0.29, 0.717) is 0 Å². The zero-order valence-electron chi connectivity index (χ0n) is 6.45. The van der Waals surface area contributed by atoms with E-state index in [-0.39, 0.29) is 23.3 Å². The van der Waals surface area contributed by atoms with E-state index in [2.05, 4.69) is 6.07 Å². The average molecular weight is 173 g/mol. The van der Waals surface area contributed by atoms with Gasteiger partial charge in [-0.2, -0.15) is 5.26 Å². The van der Waals surface area contributed by atoms with Gasteiger partial charge in [0.15, 0.2) is 9.84 Å². The molecule has 1 atom stereocenters. The van der Waals surface area contributed by atoms with Gasteiger partial charge in [-0.25, -0.2) is 8.42 Å². The molecule has 1 saturated heterocycles. The molecule has 0 N–H and O–H groups in total. The minimum atomic E-state index is -2.75. The highest BCUT2D eigenvalue weighted by atomic mass is 32.2. The molecule has 1 heterocycles. The zero-order chi connectivity index (χ0) is 8.48. The number of rotatable bonds is 2. The van der Waals surface area contributed by atoms with Gasteiger partial charge >= 0.3 is 0 Å². The second-order valence-corrected chi connectivity index (χ2v) is 5.13. The van der Waals surface area contributed by atoms with Gasteiger partial charge in [-0.1, -0.05) is 6.92 Å². The molecule has 62 valence electrons. The first-order valence-electron chi connectivity index (χ1n) is 3.69. The fourth-order valence-corrected chi connectivity index (χ4v) is 3.04. The quantitative estimate of drug-likeness (QED) is 0.613. The predicted octanol–water partition coefficient (Wildman–Crippen LogP) is 0.581. The smallest absolute Gasteiger partial charge is 0.151 e. The third-order valence-corrected chi connectivity index (χ3v) is 3.98. The second kappa shape index (κ2) is 2.82. The summed E-state index contributed by atoms with van der Waals surface area (Å²) in [6, 6.07) is 2.13. The molecule has 0 saturated carbocycles. The molecule has 0 aromatic rings. The lowest BCUT2D eigenvalue weighted by Crippen LogP contribution is -2.40. The fourth-order valence-electron chi connectivity index (χ4n) is 1.37. The van der Waals surface area contributed by atoms with E-state index >= 15 is 0 Å². The van der Waals surface area contributed by atoms with Crippen LogP contribution in [-0.4, -0.2) is 19.9 Å². The number of nitriles is 1. The molecule has 1 aliphatic heterocycles. The molecule has 0 aliphatic carbocycles. The van der Waals surface area contributed by atoms with Gasteiger partial charge in [0.25, 0.3) is 0 Å². The lowest BCUT2D eigenvalue weighted by molar-refractivity contribution is 0.423. The molecule has 1 fully saturated rings. The molecule has 11 heavy (non-hydrogen) atoms. The summed E-state index contributed by atoms with van der Waals surface area (Å²) in [5, 5.41) is 8.59. The van der Waals surface area contributed by atoms with Crippen molar-refractivity contribution < 1.29 is 8.42 Å². The van der Waals surface area contributed by atoms with Crippen LogP contribution in [0.3, 0.4) is 0 Å². The molecule has 0 amide bonds. The summed E-state index contributed by atoms with van der Waals surface area (Å²) < 4.78 is 21.4. The number of sulfone groups is 1. The first-order valence-corrected chi connectivity index (χ1v) is 5.51. The summed E-state index contributed by atoms with van der Waals surface area (Å²) in [5.41, 5.74) is 0. The summed E-state index contributed by atoms with van der Waals surface area (Å²) >= 11 is 0. The van der Waals surface area contributed by atoms with Crippen LogP contribution >= 0.6 is 0 Å². The fraction of sp³-hybridized carbons (Fsp3) is 0.857. The van der Waals surface area contributed by atoms with Crippen LogP contribution in [-0.2, 0) is 9.84 Å². The van der Waals surface area contributed by atoms with Crippen molar-refractivity contribution in [3.05, 3.63) is 0 Å². The van der Waals surface area contributed by atoms with Gasteiger partial charge in [-0.15, -0.1) is 0 Å². The maximum Gasteiger partial charge on any atom is 0.151 e. The van der Waals surface area contributed by atoms with Crippen LogP contribution in [0, 0.1) is 23.2 Å². The highest BCUT2D eigenvalue weighted by Crippen LogP contribution is 2.27. The first-order chi connectivity index (χ1) is 5.09. The molecule has 3 nitrogen and oxygen atoms in total. The van der Waals surface area contributed by atoms with Crippen molar-refractivity contribution in [1.82, 2.24) is 0 Å². The van der Waals surface area contributed by atoms with Crippen molar-refractivity contribution in [2.75, 3.05) is 11.5 Å². The van der Waals surface area contributed by atoms with Crippen molar-refractivity contribution in [2.45, 2.75) is 13.3 Å². The van der Waals surface area contributed by atoms with Crippen LogP contribution in [0.4, 0.5) is 0 Å². The average Bonchev–Trinajstić information content (AvgIpc) is 1.86. The monoisotopic (exact) mass is 173 g/mol. The summed E-state index contributed by atoms with van der Waals surface area (Å²) in [5.74, 6) is 0.492. The maximum absolute atomic E-state index is 10.7. The summed E-state index contributed by atoms with van der Waals surface area (Å²) in [6.45, 7) is 1.92. The van der Waals surface area contributed by atoms with E-state index in [1.807, 2.05) is 6.92 Å². The van der Waals surface area contributed by atoms with E-state index in [4.69, 9.17) is 5.26 Å². The molecular formula is C7H11NO2S. The van der Waals surface area contributed by atoms with E-state index in [0.717, 1.165) is 6.42 Å². The molecule has 0 spiro atoms. The van der Waals surface area contributed by atoms with Crippen LogP contribution in [0.1, 0.15) is 13.3 Å². The SMILES string of the molecule is CCC(C#N)C1CS(=O)(=O)C1. The Morgan fingerprint density at radius 1 is 1.64 bits per heavy atom. The van der Waals surface area contributed by atoms with Crippen molar-refractivity contribution in [2.24, 2.45) is 11.8 Å². The van der Waals surface area contributed by atoms with Gasteiger partial charge in [0, 0.05) is 5.92 Å². The lowest BCUT2D eigenvalue weighted by Gasteiger charge is -2.28. The minimum Gasteiger partial charge on any atom is -0.229 e. The zero-order valence-corrected chi connectivity index (χ0v) is 7.26. The van der Waals surface area contributed by atoms with Crippen LogP contribution in [0.15, 0.2) is 0 Å². The Labute approximate surface area is 66.9 Å². The van der Waals surface area contributed by atoms with Crippen molar-refractivity contribution in [3.63, 3.8) is 0 Å². The number of hydrogen-bond donors (Lipinski definition) is 0. The molecule has 1 rings (SSSR count). The van der Waals surface area contributed by atoms with Crippen molar-refractivity contribution >= 4 is 9.84 Å². The number of nitrogens with zero attached hydrogens (tertiary/aromatic N) is 1. The van der Waals surface area contributed by atoms with Gasteiger partial charge in [0.05, 0.1) is 23.5 Å². The third-order valence-electron chi connectivity index (χ3n) is 2.11. The van der Waals surface area contributed by atoms with Gasteiger partial charge in [-0.05, 0) is 6.42 Å². The Hall–Kier alpha value is -0.560. The predicted molar refractivity (Wildman–Crippen MR) is 41.5 cm³/mol. The van der Waals surface area contributed by atoms with E-state index in [1.54, 1.807) is 0 Å². The highest BCUT2D eigenvalue weighted by molar-refractivity contribution is 7.92. The molecule has 1 aliphatic rings. The Morgan fingerprint density at radius 2 is 2.18 bits per heavy atom. The maximum atomic E-state index is 10.7. The molecule has 0 radical (unpaired) electrons. The topological polar surface area (TPSA) is 57.9 Å². The summed E-state index contributed by atoms with van der Waals surface area (Å²) in [4.78, 5) is 0. The summed E-state index contributed by atoms with van der Waals surface area (Å²) in [7, 11) is -2.75. The minimum absolute atomic E-state index is 0.0569. The largest absolute Gasteiger partial charge is 0.229 e. The first kappa shape index (κ1) is 8.54. The lowest BCUT2D eigenvalue weighted by atomic mass is 9.94. The Kier molecular flexibility index (Phi) is 2.19. The Morgan fingerprint density at radius 3 is 2.45 bits per heavy atom. The van der Waals surface area contributed by atoms with E-state index in [9.17, 15) is 8.42 Å².